The van der Waals surface area contributed by atoms with Crippen molar-refractivity contribution in [3.63, 3.8) is 0 Å². The van der Waals surface area contributed by atoms with Crippen LogP contribution in [-0.4, -0.2) is 12.0 Å². The van der Waals surface area contributed by atoms with Crippen molar-refractivity contribution in [3.8, 4) is 0 Å². The standard InChI is InChI=1S/C11H14BrClFN/c1-11(2,6-15-7-12)9-5-8(13)3-4-10(9)14/h3-5,15H,6-7H2,1-2H3. The second-order valence-corrected chi connectivity index (χ2v) is 5.07. The molecule has 0 bridgehead atoms. The van der Waals surface area contributed by atoms with Crippen LogP contribution >= 0.6 is 27.5 Å². The van der Waals surface area contributed by atoms with Gasteiger partial charge < -0.3 is 5.32 Å². The van der Waals surface area contributed by atoms with E-state index in [4.69, 9.17) is 11.6 Å². The van der Waals surface area contributed by atoms with Gasteiger partial charge >= 0.3 is 0 Å². The van der Waals surface area contributed by atoms with Gasteiger partial charge in [-0.1, -0.05) is 41.4 Å². The zero-order valence-corrected chi connectivity index (χ0v) is 11.1. The Bertz CT molecular complexity index is 341. The molecule has 0 fully saturated rings. The van der Waals surface area contributed by atoms with Crippen molar-refractivity contribution >= 4 is 27.5 Å². The predicted octanol–water partition coefficient (Wildman–Crippen LogP) is 3.70. The molecule has 0 unspecified atom stereocenters. The zero-order valence-electron chi connectivity index (χ0n) is 8.78. The highest BCUT2D eigenvalue weighted by Gasteiger charge is 2.23. The molecule has 1 rings (SSSR count). The minimum atomic E-state index is -0.275. The van der Waals surface area contributed by atoms with Crippen molar-refractivity contribution in [1.29, 1.82) is 0 Å². The van der Waals surface area contributed by atoms with E-state index in [0.29, 0.717) is 22.6 Å². The lowest BCUT2D eigenvalue weighted by Crippen LogP contribution is -2.33. The molecule has 0 atom stereocenters. The molecule has 15 heavy (non-hydrogen) atoms. The lowest BCUT2D eigenvalue weighted by molar-refractivity contribution is 0.460. The molecule has 1 aromatic carbocycles. The summed E-state index contributed by atoms with van der Waals surface area (Å²) in [5, 5.41) is 3.71. The maximum Gasteiger partial charge on any atom is 0.127 e. The molecule has 0 aliphatic carbocycles. The molecule has 0 saturated heterocycles. The quantitative estimate of drug-likeness (QED) is 0.659. The number of alkyl halides is 1. The van der Waals surface area contributed by atoms with Gasteiger partial charge in [-0.15, -0.1) is 0 Å². The Hall–Kier alpha value is -0.120. The fourth-order valence-corrected chi connectivity index (χ4v) is 1.84. The summed E-state index contributed by atoms with van der Waals surface area (Å²) in [7, 11) is 0. The number of benzene rings is 1. The molecular weight excluding hydrogens is 280 g/mol. The Labute approximate surface area is 103 Å². The van der Waals surface area contributed by atoms with Crippen molar-refractivity contribution < 1.29 is 4.39 Å². The van der Waals surface area contributed by atoms with Crippen LogP contribution in [0.15, 0.2) is 18.2 Å². The predicted molar refractivity (Wildman–Crippen MR) is 66.2 cm³/mol. The van der Waals surface area contributed by atoms with Gasteiger partial charge in [-0.05, 0) is 23.8 Å². The van der Waals surface area contributed by atoms with E-state index in [2.05, 4.69) is 21.2 Å². The first-order chi connectivity index (χ1) is 6.97. The van der Waals surface area contributed by atoms with E-state index in [0.717, 1.165) is 0 Å². The third kappa shape index (κ3) is 3.44. The van der Waals surface area contributed by atoms with Gasteiger partial charge in [0, 0.05) is 17.0 Å². The molecule has 84 valence electrons. The largest absolute Gasteiger partial charge is 0.306 e. The molecule has 1 nitrogen and oxygen atoms in total. The molecule has 0 aliphatic rings. The molecule has 0 radical (unpaired) electrons. The van der Waals surface area contributed by atoms with Crippen molar-refractivity contribution in [1.82, 2.24) is 5.32 Å². The topological polar surface area (TPSA) is 12.0 Å². The fourth-order valence-electron chi connectivity index (χ4n) is 1.47. The summed E-state index contributed by atoms with van der Waals surface area (Å²) in [4.78, 5) is 0. The second-order valence-electron chi connectivity index (χ2n) is 4.07. The Balaban J connectivity index is 2.97. The second kappa shape index (κ2) is 5.28. The third-order valence-electron chi connectivity index (χ3n) is 2.32. The summed E-state index contributed by atoms with van der Waals surface area (Å²) in [6.07, 6.45) is 0. The summed E-state index contributed by atoms with van der Waals surface area (Å²) in [6, 6.07) is 4.66. The highest BCUT2D eigenvalue weighted by molar-refractivity contribution is 9.09. The van der Waals surface area contributed by atoms with Crippen LogP contribution in [-0.2, 0) is 5.41 Å². The van der Waals surface area contributed by atoms with Crippen LogP contribution in [0.2, 0.25) is 5.02 Å². The van der Waals surface area contributed by atoms with Crippen LogP contribution in [0.25, 0.3) is 0 Å². The van der Waals surface area contributed by atoms with E-state index in [-0.39, 0.29) is 11.2 Å². The Morgan fingerprint density at radius 2 is 2.13 bits per heavy atom. The first kappa shape index (κ1) is 12.9. The number of nitrogens with one attached hydrogen (secondary N) is 1. The molecule has 0 saturated carbocycles. The lowest BCUT2D eigenvalue weighted by Gasteiger charge is -2.26. The van der Waals surface area contributed by atoms with Gasteiger partial charge in [-0.2, -0.15) is 0 Å². The van der Waals surface area contributed by atoms with E-state index in [9.17, 15) is 4.39 Å². The molecule has 0 heterocycles. The van der Waals surface area contributed by atoms with E-state index in [1.165, 1.54) is 6.07 Å². The monoisotopic (exact) mass is 293 g/mol. The number of hydrogen-bond acceptors (Lipinski definition) is 1. The van der Waals surface area contributed by atoms with Gasteiger partial charge in [-0.25, -0.2) is 4.39 Å². The Kier molecular flexibility index (Phi) is 4.56. The highest BCUT2D eigenvalue weighted by atomic mass is 79.9. The van der Waals surface area contributed by atoms with E-state index >= 15 is 0 Å². The number of hydrogen-bond donors (Lipinski definition) is 1. The molecule has 0 aromatic heterocycles. The Morgan fingerprint density at radius 1 is 1.47 bits per heavy atom. The van der Waals surface area contributed by atoms with Crippen LogP contribution in [0.3, 0.4) is 0 Å². The van der Waals surface area contributed by atoms with Crippen LogP contribution in [0.5, 0.6) is 0 Å². The van der Waals surface area contributed by atoms with Crippen molar-refractivity contribution in [2.24, 2.45) is 0 Å². The third-order valence-corrected chi connectivity index (χ3v) is 2.95. The highest BCUT2D eigenvalue weighted by Crippen LogP contribution is 2.27. The number of rotatable bonds is 4. The minimum Gasteiger partial charge on any atom is -0.306 e. The van der Waals surface area contributed by atoms with Gasteiger partial charge in [0.05, 0.1) is 5.45 Å². The maximum atomic E-state index is 13.6. The van der Waals surface area contributed by atoms with Gasteiger partial charge in [0.25, 0.3) is 0 Å². The van der Waals surface area contributed by atoms with E-state index in [1.54, 1.807) is 12.1 Å². The summed E-state index contributed by atoms with van der Waals surface area (Å²) in [5.74, 6) is -0.208. The molecule has 4 heteroatoms. The van der Waals surface area contributed by atoms with Gasteiger partial charge in [0.1, 0.15) is 5.82 Å². The average molecular weight is 295 g/mol. The molecule has 0 amide bonds. The molecule has 1 N–H and O–H groups in total. The van der Waals surface area contributed by atoms with Crippen molar-refractivity contribution in [2.45, 2.75) is 19.3 Å². The first-order valence-corrected chi connectivity index (χ1v) is 6.19. The van der Waals surface area contributed by atoms with Crippen LogP contribution < -0.4 is 5.32 Å². The number of halogens is 3. The zero-order chi connectivity index (χ0) is 11.5. The summed E-state index contributed by atoms with van der Waals surface area (Å²) >= 11 is 9.14. The SMILES string of the molecule is CC(C)(CNCBr)c1cc(Cl)ccc1F. The minimum absolute atomic E-state index is 0.208. The summed E-state index contributed by atoms with van der Waals surface area (Å²) in [6.45, 7) is 4.66. The smallest absolute Gasteiger partial charge is 0.127 e. The summed E-state index contributed by atoms with van der Waals surface area (Å²) in [5.41, 5.74) is 1.06. The van der Waals surface area contributed by atoms with Gasteiger partial charge in [-0.3, -0.25) is 0 Å². The van der Waals surface area contributed by atoms with Crippen molar-refractivity contribution in [2.75, 3.05) is 12.0 Å². The maximum absolute atomic E-state index is 13.6. The van der Waals surface area contributed by atoms with E-state index in [1.807, 2.05) is 13.8 Å². The molecule has 1 aromatic rings. The Morgan fingerprint density at radius 3 is 2.73 bits per heavy atom. The summed E-state index contributed by atoms with van der Waals surface area (Å²) < 4.78 is 13.6. The molecular formula is C11H14BrClFN. The molecule has 0 spiro atoms. The van der Waals surface area contributed by atoms with E-state index < -0.39 is 0 Å². The van der Waals surface area contributed by atoms with Crippen LogP contribution in [0, 0.1) is 5.82 Å². The lowest BCUT2D eigenvalue weighted by atomic mass is 9.84. The van der Waals surface area contributed by atoms with Gasteiger partial charge in [0.15, 0.2) is 0 Å². The van der Waals surface area contributed by atoms with Gasteiger partial charge in [0.2, 0.25) is 0 Å². The molecule has 0 aliphatic heterocycles. The van der Waals surface area contributed by atoms with Crippen LogP contribution in [0.1, 0.15) is 19.4 Å². The fraction of sp³-hybridized carbons (Fsp3) is 0.455. The first-order valence-electron chi connectivity index (χ1n) is 4.69. The average Bonchev–Trinajstić information content (AvgIpc) is 2.18. The van der Waals surface area contributed by atoms with Crippen LogP contribution in [0.4, 0.5) is 4.39 Å². The van der Waals surface area contributed by atoms with Crippen molar-refractivity contribution in [3.05, 3.63) is 34.6 Å². The normalized spacial score (nSPS) is 11.8.